The van der Waals surface area contributed by atoms with Crippen molar-refractivity contribution >= 4 is 25.9 Å². The summed E-state index contributed by atoms with van der Waals surface area (Å²) < 4.78 is 7.37. The number of rotatable bonds is 8. The lowest BCUT2D eigenvalue weighted by Crippen LogP contribution is -2.73. The highest BCUT2D eigenvalue weighted by Crippen LogP contribution is 2.58. The lowest BCUT2D eigenvalue weighted by Gasteiger charge is -2.60. The van der Waals surface area contributed by atoms with E-state index in [1.165, 1.54) is 0 Å². The third-order valence-electron chi connectivity index (χ3n) is 8.91. The summed E-state index contributed by atoms with van der Waals surface area (Å²) >= 11 is 1.75. The molecule has 41 heavy (non-hydrogen) atoms. The van der Waals surface area contributed by atoms with Gasteiger partial charge in [-0.05, 0) is 28.7 Å². The van der Waals surface area contributed by atoms with Crippen molar-refractivity contribution in [3.63, 3.8) is 0 Å². The van der Waals surface area contributed by atoms with Crippen LogP contribution in [0.3, 0.4) is 0 Å². The molecule has 1 saturated heterocycles. The second kappa shape index (κ2) is 10.9. The maximum atomic E-state index is 14.2. The molecule has 1 aromatic heterocycles. The molecule has 5 rings (SSSR count). The number of aliphatic hydroxyl groups is 1. The molecule has 2 heterocycles. The highest BCUT2D eigenvalue weighted by Gasteiger charge is 2.62. The number of aliphatic hydroxyl groups excluding tert-OH is 1. The van der Waals surface area contributed by atoms with E-state index in [0.717, 1.165) is 16.7 Å². The van der Waals surface area contributed by atoms with Crippen molar-refractivity contribution in [1.29, 1.82) is 0 Å². The van der Waals surface area contributed by atoms with E-state index in [4.69, 9.17) is 4.42 Å². The first-order chi connectivity index (χ1) is 19.4. The fraction of sp³-hybridized carbons (Fsp3) is 0.353. The highest BCUT2D eigenvalue weighted by atomic mass is 32.2. The smallest absolute Gasteiger partial charge is 0.224 e. The molecule has 5 nitrogen and oxygen atoms in total. The summed E-state index contributed by atoms with van der Waals surface area (Å²) in [6, 6.07) is 31.5. The van der Waals surface area contributed by atoms with E-state index in [9.17, 15) is 9.90 Å². The number of thioether (sulfide) groups is 1. The molecule has 0 aliphatic carbocycles. The Labute approximate surface area is 249 Å². The molecule has 4 aromatic rings. The van der Waals surface area contributed by atoms with Gasteiger partial charge in [0.25, 0.3) is 0 Å². The lowest BCUT2D eigenvalue weighted by atomic mass is 9.84. The van der Waals surface area contributed by atoms with Crippen molar-refractivity contribution in [3.8, 4) is 0 Å². The maximum Gasteiger partial charge on any atom is 0.224 e. The molecule has 214 valence electrons. The van der Waals surface area contributed by atoms with Gasteiger partial charge in [-0.25, -0.2) is 4.98 Å². The van der Waals surface area contributed by atoms with E-state index >= 15 is 0 Å². The number of hydrogen-bond donors (Lipinski definition) is 1. The van der Waals surface area contributed by atoms with Crippen LogP contribution in [0.15, 0.2) is 95.4 Å². The fourth-order valence-corrected chi connectivity index (χ4v) is 10.7. The first-order valence-corrected chi connectivity index (χ1v) is 18.0. The molecule has 3 unspecified atom stereocenters. The number of oxazole rings is 1. The van der Waals surface area contributed by atoms with E-state index in [2.05, 4.69) is 116 Å². The minimum Gasteiger partial charge on any atom is -0.443 e. The van der Waals surface area contributed by atoms with Gasteiger partial charge in [-0.3, -0.25) is 4.79 Å². The molecule has 0 saturated carbocycles. The minimum atomic E-state index is -2.34. The minimum absolute atomic E-state index is 0.0156. The van der Waals surface area contributed by atoms with E-state index in [1.807, 2.05) is 25.1 Å². The number of nitrogens with zero attached hydrogens (tertiary/aromatic N) is 2. The Morgan fingerprint density at radius 3 is 1.66 bits per heavy atom. The molecule has 1 amide bonds. The Bertz CT molecular complexity index is 1400. The number of carbonyl (C=O) groups is 1. The molecule has 3 atom stereocenters. The van der Waals surface area contributed by atoms with Gasteiger partial charge in [0.15, 0.2) is 19.9 Å². The van der Waals surface area contributed by atoms with Crippen LogP contribution in [-0.4, -0.2) is 34.2 Å². The SMILES string of the molecule is Cc1nc(C)c(C(O)C2C(=O)N([Si](C)(C)C(C)(C)C)C2SC(c2ccccc2)(c2ccccc2)c2ccccc2)o1. The average molecular weight is 585 g/mol. The van der Waals surface area contributed by atoms with Crippen LogP contribution in [0.5, 0.6) is 0 Å². The molecule has 7 heteroatoms. The van der Waals surface area contributed by atoms with Gasteiger partial charge in [-0.15, -0.1) is 11.8 Å². The third kappa shape index (κ3) is 4.98. The second-order valence-corrected chi connectivity index (χ2v) is 18.9. The van der Waals surface area contributed by atoms with Gasteiger partial charge >= 0.3 is 0 Å². The Morgan fingerprint density at radius 2 is 1.29 bits per heavy atom. The van der Waals surface area contributed by atoms with Gasteiger partial charge in [0.2, 0.25) is 5.91 Å². The van der Waals surface area contributed by atoms with Crippen LogP contribution in [0.25, 0.3) is 0 Å². The number of aromatic nitrogens is 1. The number of benzene rings is 3. The third-order valence-corrected chi connectivity index (χ3v) is 16.3. The predicted molar refractivity (Wildman–Crippen MR) is 169 cm³/mol. The second-order valence-electron chi connectivity index (χ2n) is 12.5. The normalized spacial score (nSPS) is 18.7. The van der Waals surface area contributed by atoms with Crippen LogP contribution in [0.4, 0.5) is 0 Å². The van der Waals surface area contributed by atoms with E-state index in [-0.39, 0.29) is 16.3 Å². The topological polar surface area (TPSA) is 66.6 Å². The fourth-order valence-electron chi connectivity index (χ4n) is 5.75. The van der Waals surface area contributed by atoms with E-state index in [1.54, 1.807) is 18.7 Å². The number of aryl methyl sites for hydroxylation is 2. The van der Waals surface area contributed by atoms with Crippen LogP contribution >= 0.6 is 11.8 Å². The van der Waals surface area contributed by atoms with Gasteiger partial charge in [-0.1, -0.05) is 125 Å². The molecule has 1 aliphatic heterocycles. The largest absolute Gasteiger partial charge is 0.443 e. The van der Waals surface area contributed by atoms with E-state index in [0.29, 0.717) is 17.3 Å². The van der Waals surface area contributed by atoms with Crippen LogP contribution in [0.2, 0.25) is 18.1 Å². The highest BCUT2D eigenvalue weighted by molar-refractivity contribution is 8.01. The lowest BCUT2D eigenvalue weighted by molar-refractivity contribution is -0.151. The molecule has 3 aromatic carbocycles. The Balaban J connectivity index is 1.73. The standard InChI is InChI=1S/C34H40N2O3SSi/c1-23-30(39-24(2)35-23)29(37)28-31(38)36(41(6,7)33(3,4)5)32(28)40-34(25-17-11-8-12-18-25,26-19-13-9-14-20-26)27-21-15-10-16-22-27/h8-22,28-29,32,37H,1-7H3. The zero-order valence-corrected chi connectivity index (χ0v) is 26.8. The van der Waals surface area contributed by atoms with Gasteiger partial charge < -0.3 is 14.1 Å². The first-order valence-electron chi connectivity index (χ1n) is 14.2. The Kier molecular flexibility index (Phi) is 7.83. The summed E-state index contributed by atoms with van der Waals surface area (Å²) in [4.78, 5) is 18.6. The summed E-state index contributed by atoms with van der Waals surface area (Å²) in [5.41, 5.74) is 3.99. The summed E-state index contributed by atoms with van der Waals surface area (Å²) in [5, 5.41) is 11.4. The van der Waals surface area contributed by atoms with Gasteiger partial charge in [0, 0.05) is 6.92 Å². The van der Waals surface area contributed by atoms with Crippen LogP contribution in [0.1, 0.15) is 60.9 Å². The molecule has 1 fully saturated rings. The van der Waals surface area contributed by atoms with Gasteiger partial charge in [0.1, 0.15) is 6.10 Å². The van der Waals surface area contributed by atoms with E-state index < -0.39 is 25.0 Å². The summed E-state index contributed by atoms with van der Waals surface area (Å²) in [5.74, 6) is 0.181. The number of β-lactam (4-membered cyclic amide) rings is 1. The zero-order valence-electron chi connectivity index (χ0n) is 25.0. The van der Waals surface area contributed by atoms with Crippen molar-refractivity contribution in [2.75, 3.05) is 0 Å². The number of amides is 1. The Hall–Kier alpha value is -3.13. The van der Waals surface area contributed by atoms with Gasteiger partial charge in [0.05, 0.1) is 21.7 Å². The van der Waals surface area contributed by atoms with Crippen molar-refractivity contribution in [2.45, 2.75) is 69.0 Å². The number of hydrogen-bond acceptors (Lipinski definition) is 5. The summed E-state index contributed by atoms with van der Waals surface area (Å²) in [6.45, 7) is 14.8. The maximum absolute atomic E-state index is 14.2. The summed E-state index contributed by atoms with van der Waals surface area (Å²) in [7, 11) is -2.34. The molecule has 0 radical (unpaired) electrons. The zero-order chi connectivity index (χ0) is 29.6. The first kappa shape index (κ1) is 29.4. The van der Waals surface area contributed by atoms with Crippen LogP contribution in [-0.2, 0) is 9.54 Å². The average Bonchev–Trinajstić information content (AvgIpc) is 3.29. The van der Waals surface area contributed by atoms with Crippen molar-refractivity contribution in [2.24, 2.45) is 5.92 Å². The van der Waals surface area contributed by atoms with Crippen LogP contribution < -0.4 is 0 Å². The van der Waals surface area contributed by atoms with Crippen molar-refractivity contribution < 1.29 is 14.3 Å². The molecule has 1 N–H and O–H groups in total. The Morgan fingerprint density at radius 1 is 0.854 bits per heavy atom. The summed E-state index contributed by atoms with van der Waals surface area (Å²) in [6.07, 6.45) is -1.10. The predicted octanol–water partition coefficient (Wildman–Crippen LogP) is 7.84. The van der Waals surface area contributed by atoms with Crippen molar-refractivity contribution in [1.82, 2.24) is 9.55 Å². The van der Waals surface area contributed by atoms with Crippen molar-refractivity contribution in [3.05, 3.63) is 125 Å². The molecule has 0 bridgehead atoms. The monoisotopic (exact) mass is 584 g/mol. The molecule has 0 spiro atoms. The molecular formula is C34H40N2O3SSi. The number of carbonyl (C=O) groups excluding carboxylic acids is 1. The van der Waals surface area contributed by atoms with Gasteiger partial charge in [-0.2, -0.15) is 0 Å². The molecule has 1 aliphatic rings. The quantitative estimate of drug-likeness (QED) is 0.130. The molecular weight excluding hydrogens is 545 g/mol. The van der Waals surface area contributed by atoms with Crippen LogP contribution in [0, 0.1) is 19.8 Å².